The van der Waals surface area contributed by atoms with E-state index in [1.807, 2.05) is 0 Å². The lowest BCUT2D eigenvalue weighted by molar-refractivity contribution is -0.901. The fourth-order valence-corrected chi connectivity index (χ4v) is 2.74. The third-order valence-corrected chi connectivity index (χ3v) is 4.03. The Morgan fingerprint density at radius 3 is 2.11 bits per heavy atom. The number of carbonyl (C=O) groups is 2. The number of amides is 2. The zero-order valence-corrected chi connectivity index (χ0v) is 11.3. The number of likely N-dealkylation sites (N-methyl/N-ethyl adjacent to an activating group) is 1. The zero-order chi connectivity index (χ0) is 14.1. The maximum absolute atomic E-state index is 11.4. The second kappa shape index (κ2) is 4.79. The monoisotopic (exact) mass is 277 g/mol. The van der Waals surface area contributed by atoms with Crippen molar-refractivity contribution in [1.82, 2.24) is 4.90 Å². The summed E-state index contributed by atoms with van der Waals surface area (Å²) in [5.74, 6) is -1.28. The molecular weight excluding hydrogens is 260 g/mol. The molecule has 0 aromatic carbocycles. The van der Waals surface area contributed by atoms with E-state index in [2.05, 4.69) is 0 Å². The third kappa shape index (κ3) is 3.62. The van der Waals surface area contributed by atoms with E-state index < -0.39 is 27.8 Å². The minimum absolute atomic E-state index is 0.0457. The van der Waals surface area contributed by atoms with E-state index in [4.69, 9.17) is 4.55 Å². The van der Waals surface area contributed by atoms with Gasteiger partial charge in [0.1, 0.15) is 6.04 Å². The molecule has 0 saturated heterocycles. The number of carbonyl (C=O) groups excluding carboxylic acids is 2. The number of hydrogen-bond acceptors (Lipinski definition) is 4. The van der Waals surface area contributed by atoms with Crippen LogP contribution in [0.25, 0.3) is 0 Å². The molecule has 2 amide bonds. The van der Waals surface area contributed by atoms with Crippen molar-refractivity contribution < 1.29 is 27.0 Å². The van der Waals surface area contributed by atoms with Crippen molar-refractivity contribution in [3.63, 3.8) is 0 Å². The third-order valence-electron chi connectivity index (χ3n) is 3.04. The van der Waals surface area contributed by atoms with Gasteiger partial charge in [0.25, 0.3) is 11.8 Å². The molecule has 8 heteroatoms. The summed E-state index contributed by atoms with van der Waals surface area (Å²) >= 11 is 0. The van der Waals surface area contributed by atoms with E-state index >= 15 is 0 Å². The van der Waals surface area contributed by atoms with E-state index in [9.17, 15) is 18.0 Å². The Morgan fingerprint density at radius 1 is 1.28 bits per heavy atom. The van der Waals surface area contributed by atoms with Crippen molar-refractivity contribution in [2.75, 3.05) is 26.5 Å². The van der Waals surface area contributed by atoms with Gasteiger partial charge in [-0.05, 0) is 6.92 Å². The molecule has 0 fully saturated rings. The molecule has 0 bridgehead atoms. The zero-order valence-electron chi connectivity index (χ0n) is 10.5. The topological polar surface area (TPSA) is 91.8 Å². The van der Waals surface area contributed by atoms with Crippen molar-refractivity contribution in [1.29, 1.82) is 0 Å². The van der Waals surface area contributed by atoms with Gasteiger partial charge in [-0.3, -0.25) is 19.0 Å². The molecule has 1 N–H and O–H groups in total. The summed E-state index contributed by atoms with van der Waals surface area (Å²) in [7, 11) is -0.903. The molecule has 0 aliphatic carbocycles. The van der Waals surface area contributed by atoms with Crippen LogP contribution in [-0.4, -0.2) is 66.7 Å². The lowest BCUT2D eigenvalue weighted by atomic mass is 10.2. The predicted molar refractivity (Wildman–Crippen MR) is 63.8 cm³/mol. The van der Waals surface area contributed by atoms with Crippen molar-refractivity contribution >= 4 is 21.9 Å². The largest absolute Gasteiger partial charge is 0.316 e. The van der Waals surface area contributed by atoms with Crippen LogP contribution in [0.3, 0.4) is 0 Å². The lowest BCUT2D eigenvalue weighted by Crippen LogP contribution is -2.55. The van der Waals surface area contributed by atoms with Crippen LogP contribution in [0.1, 0.15) is 6.92 Å². The van der Waals surface area contributed by atoms with Gasteiger partial charge in [-0.1, -0.05) is 0 Å². The van der Waals surface area contributed by atoms with Crippen LogP contribution in [-0.2, 0) is 19.7 Å². The highest BCUT2D eigenvalue weighted by molar-refractivity contribution is 7.85. The summed E-state index contributed by atoms with van der Waals surface area (Å²) in [6.45, 7) is 1.82. The van der Waals surface area contributed by atoms with Gasteiger partial charge in [-0.2, -0.15) is 8.42 Å². The highest BCUT2D eigenvalue weighted by atomic mass is 32.2. The molecule has 1 rings (SSSR count). The summed E-state index contributed by atoms with van der Waals surface area (Å²) in [6, 6.07) is -0.320. The van der Waals surface area contributed by atoms with Gasteiger partial charge in [0, 0.05) is 12.2 Å². The molecule has 0 radical (unpaired) electrons. The Kier molecular flexibility index (Phi) is 3.94. The van der Waals surface area contributed by atoms with Gasteiger partial charge in [0.15, 0.2) is 0 Å². The minimum Gasteiger partial charge on any atom is -0.310 e. The van der Waals surface area contributed by atoms with E-state index in [0.29, 0.717) is 0 Å². The Hall–Kier alpha value is -1.25. The summed E-state index contributed by atoms with van der Waals surface area (Å²) < 4.78 is 30.6. The summed E-state index contributed by atoms with van der Waals surface area (Å²) in [4.78, 5) is 23.8. The molecule has 0 saturated carbocycles. The molecule has 1 unspecified atom stereocenters. The summed E-state index contributed by atoms with van der Waals surface area (Å²) in [5, 5.41) is 0. The molecule has 102 valence electrons. The predicted octanol–water partition coefficient (Wildman–Crippen LogP) is -0.778. The Balaban J connectivity index is 2.73. The summed E-state index contributed by atoms with van der Waals surface area (Å²) in [5.41, 5.74) is 0. The highest BCUT2D eigenvalue weighted by Gasteiger charge is 2.34. The summed E-state index contributed by atoms with van der Waals surface area (Å²) in [6.07, 6.45) is 2.36. The van der Waals surface area contributed by atoms with Gasteiger partial charge < -0.3 is 4.48 Å². The molecule has 1 heterocycles. The molecular formula is C10H17N2O5S+. The standard InChI is InChI=1S/C10H16N2O5S/c1-8(12(2,3)7-18(15,16)17)6-11-9(13)4-5-10(11)14/h4-5,8H,6-7H2,1-3H3/p+1. The van der Waals surface area contributed by atoms with Gasteiger partial charge in [-0.15, -0.1) is 0 Å². The van der Waals surface area contributed by atoms with Crippen molar-refractivity contribution in [3.05, 3.63) is 12.2 Å². The first-order valence-corrected chi connectivity index (χ1v) is 6.95. The SMILES string of the molecule is CC(CN1C(=O)C=CC1=O)[N+](C)(C)CS(=O)(=O)O. The maximum Gasteiger partial charge on any atom is 0.316 e. The van der Waals surface area contributed by atoms with Crippen molar-refractivity contribution in [2.24, 2.45) is 0 Å². The molecule has 7 nitrogen and oxygen atoms in total. The molecule has 1 aliphatic heterocycles. The average Bonchev–Trinajstić information content (AvgIpc) is 2.45. The first kappa shape index (κ1) is 14.8. The van der Waals surface area contributed by atoms with Crippen LogP contribution in [0.5, 0.6) is 0 Å². The molecule has 0 aromatic rings. The van der Waals surface area contributed by atoms with Crippen LogP contribution in [0.15, 0.2) is 12.2 Å². The molecule has 0 spiro atoms. The Bertz CT molecular complexity index is 476. The van der Waals surface area contributed by atoms with Crippen molar-refractivity contribution in [2.45, 2.75) is 13.0 Å². The fraction of sp³-hybridized carbons (Fsp3) is 0.600. The van der Waals surface area contributed by atoms with Crippen LogP contribution >= 0.6 is 0 Å². The van der Waals surface area contributed by atoms with Crippen LogP contribution in [0, 0.1) is 0 Å². The second-order valence-electron chi connectivity index (χ2n) is 4.96. The first-order valence-electron chi connectivity index (χ1n) is 5.34. The molecule has 0 aromatic heterocycles. The maximum atomic E-state index is 11.4. The van der Waals surface area contributed by atoms with Gasteiger partial charge in [-0.25, -0.2) is 0 Å². The van der Waals surface area contributed by atoms with E-state index in [-0.39, 0.29) is 17.1 Å². The van der Waals surface area contributed by atoms with E-state index in [0.717, 1.165) is 4.90 Å². The fourth-order valence-electron chi connectivity index (χ4n) is 1.64. The van der Waals surface area contributed by atoms with Gasteiger partial charge in [0.2, 0.25) is 5.88 Å². The second-order valence-corrected chi connectivity index (χ2v) is 6.38. The lowest BCUT2D eigenvalue weighted by Gasteiger charge is -2.36. The Labute approximate surface area is 106 Å². The Morgan fingerprint density at radius 2 is 1.72 bits per heavy atom. The normalized spacial score (nSPS) is 18.6. The first-order chi connectivity index (χ1) is 8.03. The number of nitrogens with zero attached hydrogens (tertiary/aromatic N) is 2. The quantitative estimate of drug-likeness (QED) is 0.404. The van der Waals surface area contributed by atoms with Crippen LogP contribution in [0.4, 0.5) is 0 Å². The van der Waals surface area contributed by atoms with Gasteiger partial charge >= 0.3 is 10.1 Å². The smallest absolute Gasteiger partial charge is 0.310 e. The number of imide groups is 1. The average molecular weight is 277 g/mol. The highest BCUT2D eigenvalue weighted by Crippen LogP contribution is 2.13. The number of rotatable bonds is 5. The number of quaternary nitrogens is 1. The molecule has 1 aliphatic rings. The van der Waals surface area contributed by atoms with E-state index in [1.165, 1.54) is 12.2 Å². The van der Waals surface area contributed by atoms with Crippen molar-refractivity contribution in [3.8, 4) is 0 Å². The minimum atomic E-state index is -4.12. The molecule has 1 atom stereocenters. The van der Waals surface area contributed by atoms with Crippen LogP contribution < -0.4 is 0 Å². The molecule has 18 heavy (non-hydrogen) atoms. The van der Waals surface area contributed by atoms with E-state index in [1.54, 1.807) is 21.0 Å². The van der Waals surface area contributed by atoms with Crippen LogP contribution in [0.2, 0.25) is 0 Å². The number of hydrogen-bond donors (Lipinski definition) is 1. The van der Waals surface area contributed by atoms with Gasteiger partial charge in [0.05, 0.1) is 20.6 Å².